The Morgan fingerprint density at radius 1 is 1.14 bits per heavy atom. The number of hydrogen-bond acceptors (Lipinski definition) is 5. The molecule has 2 heterocycles. The molecule has 144 valence electrons. The van der Waals surface area contributed by atoms with Crippen LogP contribution in [0.1, 0.15) is 21.7 Å². The van der Waals surface area contributed by atoms with Crippen molar-refractivity contribution in [3.63, 3.8) is 0 Å². The molecule has 3 aromatic rings. The number of aryl methyl sites for hydroxylation is 1. The van der Waals surface area contributed by atoms with E-state index in [0.717, 1.165) is 16.8 Å². The van der Waals surface area contributed by atoms with Crippen LogP contribution >= 0.6 is 24.0 Å². The second kappa shape index (κ2) is 7.69. The molecule has 7 heteroatoms. The van der Waals surface area contributed by atoms with Crippen molar-refractivity contribution >= 4 is 51.9 Å². The summed E-state index contributed by atoms with van der Waals surface area (Å²) in [6.45, 7) is 1.96. The van der Waals surface area contributed by atoms with Gasteiger partial charge in [-0.25, -0.2) is 4.79 Å². The summed E-state index contributed by atoms with van der Waals surface area (Å²) in [7, 11) is 0. The Bertz CT molecular complexity index is 1160. The molecule has 0 bridgehead atoms. The monoisotopic (exact) mass is 421 g/mol. The maximum Gasteiger partial charge on any atom is 0.335 e. The van der Waals surface area contributed by atoms with Gasteiger partial charge in [-0.2, -0.15) is 0 Å². The smallest absolute Gasteiger partial charge is 0.335 e. The molecule has 1 fully saturated rings. The Kier molecular flexibility index (Phi) is 5.08. The SMILES string of the molecule is Cc1cccc(N2C(=O)/C(=C\c3ccc(-c4ccc(C(=O)O)cc4)o3)SC2=S)c1. The van der Waals surface area contributed by atoms with Gasteiger partial charge in [0, 0.05) is 11.6 Å². The molecule has 2 aromatic carbocycles. The van der Waals surface area contributed by atoms with Gasteiger partial charge in [0.05, 0.1) is 16.2 Å². The molecular formula is C22H15NO4S2. The number of carbonyl (C=O) groups is 2. The molecule has 29 heavy (non-hydrogen) atoms. The molecule has 1 amide bonds. The Hall–Kier alpha value is -3.16. The number of carboxylic acids is 1. The minimum Gasteiger partial charge on any atom is -0.478 e. The van der Waals surface area contributed by atoms with E-state index in [4.69, 9.17) is 21.7 Å². The van der Waals surface area contributed by atoms with E-state index in [1.165, 1.54) is 28.8 Å². The first kappa shape index (κ1) is 19.2. The van der Waals surface area contributed by atoms with Gasteiger partial charge in [0.1, 0.15) is 11.5 Å². The lowest BCUT2D eigenvalue weighted by Crippen LogP contribution is -2.27. The van der Waals surface area contributed by atoms with Gasteiger partial charge in [-0.05, 0) is 48.9 Å². The minimum atomic E-state index is -0.979. The number of carbonyl (C=O) groups excluding carboxylic acids is 1. The maximum absolute atomic E-state index is 12.9. The van der Waals surface area contributed by atoms with Gasteiger partial charge >= 0.3 is 5.97 Å². The van der Waals surface area contributed by atoms with Crippen LogP contribution in [0.2, 0.25) is 0 Å². The molecule has 0 spiro atoms. The van der Waals surface area contributed by atoms with Crippen molar-refractivity contribution in [3.05, 3.63) is 82.5 Å². The lowest BCUT2D eigenvalue weighted by molar-refractivity contribution is -0.113. The molecule has 0 aliphatic carbocycles. The topological polar surface area (TPSA) is 70.8 Å². The largest absolute Gasteiger partial charge is 0.478 e. The zero-order chi connectivity index (χ0) is 20.5. The molecule has 0 radical (unpaired) electrons. The van der Waals surface area contributed by atoms with Crippen LogP contribution in [0.25, 0.3) is 17.4 Å². The zero-order valence-corrected chi connectivity index (χ0v) is 16.9. The van der Waals surface area contributed by atoms with Crippen molar-refractivity contribution in [1.29, 1.82) is 0 Å². The predicted octanol–water partition coefficient (Wildman–Crippen LogP) is 5.36. The average molecular weight is 421 g/mol. The summed E-state index contributed by atoms with van der Waals surface area (Å²) in [4.78, 5) is 25.8. The number of benzene rings is 2. The fourth-order valence-electron chi connectivity index (χ4n) is 2.95. The van der Waals surface area contributed by atoms with Crippen molar-refractivity contribution in [3.8, 4) is 11.3 Å². The normalized spacial score (nSPS) is 15.3. The summed E-state index contributed by atoms with van der Waals surface area (Å²) in [5.41, 5.74) is 2.75. The molecule has 4 rings (SSSR count). The van der Waals surface area contributed by atoms with Gasteiger partial charge in [0.2, 0.25) is 0 Å². The number of hydrogen-bond donors (Lipinski definition) is 1. The van der Waals surface area contributed by atoms with Crippen LogP contribution in [0.3, 0.4) is 0 Å². The Morgan fingerprint density at radius 3 is 2.59 bits per heavy atom. The van der Waals surface area contributed by atoms with Crippen molar-refractivity contribution in [1.82, 2.24) is 0 Å². The van der Waals surface area contributed by atoms with Gasteiger partial charge in [-0.3, -0.25) is 9.69 Å². The van der Waals surface area contributed by atoms with E-state index in [1.54, 1.807) is 30.3 Å². The fourth-order valence-corrected chi connectivity index (χ4v) is 4.23. The highest BCUT2D eigenvalue weighted by Crippen LogP contribution is 2.36. The van der Waals surface area contributed by atoms with Gasteiger partial charge in [0.25, 0.3) is 5.91 Å². The van der Waals surface area contributed by atoms with Crippen LogP contribution in [-0.4, -0.2) is 21.3 Å². The first-order valence-corrected chi connectivity index (χ1v) is 9.93. The Labute approximate surface area is 176 Å². The van der Waals surface area contributed by atoms with Crippen molar-refractivity contribution < 1.29 is 19.1 Å². The van der Waals surface area contributed by atoms with E-state index in [0.29, 0.717) is 20.7 Å². The molecule has 5 nitrogen and oxygen atoms in total. The second-order valence-electron chi connectivity index (χ2n) is 6.44. The van der Waals surface area contributed by atoms with E-state index < -0.39 is 5.97 Å². The first-order chi connectivity index (χ1) is 13.9. The summed E-state index contributed by atoms with van der Waals surface area (Å²) >= 11 is 6.63. The van der Waals surface area contributed by atoms with Crippen molar-refractivity contribution in [2.75, 3.05) is 4.90 Å². The van der Waals surface area contributed by atoms with Gasteiger partial charge < -0.3 is 9.52 Å². The van der Waals surface area contributed by atoms with E-state index in [-0.39, 0.29) is 11.5 Å². The Balaban J connectivity index is 1.58. The summed E-state index contributed by atoms with van der Waals surface area (Å²) in [6.07, 6.45) is 1.67. The summed E-state index contributed by atoms with van der Waals surface area (Å²) < 4.78 is 6.30. The number of thioether (sulfide) groups is 1. The number of thiocarbonyl (C=S) groups is 1. The molecule has 1 saturated heterocycles. The van der Waals surface area contributed by atoms with Gasteiger partial charge in [-0.1, -0.05) is 48.2 Å². The summed E-state index contributed by atoms with van der Waals surface area (Å²) in [5.74, 6) is -0.0592. The summed E-state index contributed by atoms with van der Waals surface area (Å²) in [6, 6.07) is 17.6. The third-order valence-electron chi connectivity index (χ3n) is 4.37. The molecule has 0 unspecified atom stereocenters. The second-order valence-corrected chi connectivity index (χ2v) is 8.12. The van der Waals surface area contributed by atoms with Crippen LogP contribution in [0.4, 0.5) is 5.69 Å². The molecule has 1 aromatic heterocycles. The molecule has 1 aliphatic rings. The Morgan fingerprint density at radius 2 is 1.90 bits per heavy atom. The maximum atomic E-state index is 12.9. The van der Waals surface area contributed by atoms with Crippen molar-refractivity contribution in [2.45, 2.75) is 6.92 Å². The lowest BCUT2D eigenvalue weighted by Gasteiger charge is -2.14. The highest BCUT2D eigenvalue weighted by molar-refractivity contribution is 8.27. The number of furan rings is 1. The van der Waals surface area contributed by atoms with Crippen LogP contribution in [0.15, 0.2) is 70.0 Å². The lowest BCUT2D eigenvalue weighted by atomic mass is 10.1. The van der Waals surface area contributed by atoms with E-state index in [9.17, 15) is 9.59 Å². The van der Waals surface area contributed by atoms with Gasteiger partial charge in [-0.15, -0.1) is 0 Å². The predicted molar refractivity (Wildman–Crippen MR) is 118 cm³/mol. The van der Waals surface area contributed by atoms with Crippen molar-refractivity contribution in [2.24, 2.45) is 0 Å². The standard InChI is InChI=1S/C22H15NO4S2/c1-13-3-2-4-16(11-13)23-20(24)19(29-22(23)28)12-17-9-10-18(27-17)14-5-7-15(8-6-14)21(25)26/h2-12H,1H3,(H,25,26)/b19-12+. The average Bonchev–Trinajstić information content (AvgIpc) is 3.26. The number of aromatic carboxylic acids is 1. The van der Waals surface area contributed by atoms with Crippen LogP contribution in [-0.2, 0) is 4.79 Å². The molecule has 1 N–H and O–H groups in total. The number of carboxylic acid groups (broad SMARTS) is 1. The third kappa shape index (κ3) is 3.87. The number of amides is 1. The number of anilines is 1. The highest BCUT2D eigenvalue weighted by atomic mass is 32.2. The molecule has 0 atom stereocenters. The molecule has 1 aliphatic heterocycles. The third-order valence-corrected chi connectivity index (χ3v) is 5.67. The minimum absolute atomic E-state index is 0.186. The molecular weight excluding hydrogens is 406 g/mol. The van der Waals surface area contributed by atoms with E-state index in [1.807, 2.05) is 31.2 Å². The van der Waals surface area contributed by atoms with Gasteiger partial charge in [0.15, 0.2) is 4.32 Å². The quantitative estimate of drug-likeness (QED) is 0.452. The zero-order valence-electron chi connectivity index (χ0n) is 15.3. The van der Waals surface area contributed by atoms with E-state index in [2.05, 4.69) is 0 Å². The van der Waals surface area contributed by atoms with Crippen LogP contribution < -0.4 is 4.90 Å². The number of rotatable bonds is 4. The number of nitrogens with zero attached hydrogens (tertiary/aromatic N) is 1. The van der Waals surface area contributed by atoms with Crippen LogP contribution in [0.5, 0.6) is 0 Å². The molecule has 0 saturated carbocycles. The van der Waals surface area contributed by atoms with Crippen LogP contribution in [0, 0.1) is 6.92 Å². The summed E-state index contributed by atoms with van der Waals surface area (Å²) in [5, 5.41) is 8.99. The fraction of sp³-hybridized carbons (Fsp3) is 0.0455. The first-order valence-electron chi connectivity index (χ1n) is 8.70. The highest BCUT2D eigenvalue weighted by Gasteiger charge is 2.33. The van der Waals surface area contributed by atoms with E-state index >= 15 is 0 Å².